The Hall–Kier alpha value is -0.720. The van der Waals surface area contributed by atoms with Gasteiger partial charge in [0.1, 0.15) is 0 Å². The maximum atomic E-state index is 12.0. The monoisotopic (exact) mass is 352 g/mol. The molecule has 1 aromatic rings. The Morgan fingerprint density at radius 3 is 2.55 bits per heavy atom. The first-order chi connectivity index (χ1) is 9.02. The maximum absolute atomic E-state index is 12.0. The lowest BCUT2D eigenvalue weighted by molar-refractivity contribution is -0.122. The number of hydrogen-bond acceptors (Lipinski definition) is 4. The minimum absolute atomic E-state index is 0. The van der Waals surface area contributed by atoms with Gasteiger partial charge in [0.15, 0.2) is 0 Å². The van der Waals surface area contributed by atoms with E-state index in [4.69, 9.17) is 28.9 Å². The third-order valence-electron chi connectivity index (χ3n) is 2.47. The van der Waals surface area contributed by atoms with E-state index in [1.807, 2.05) is 0 Å². The molecule has 0 unspecified atom stereocenters. The number of imide groups is 1. The first-order valence-corrected chi connectivity index (χ1v) is 7.00. The summed E-state index contributed by atoms with van der Waals surface area (Å²) in [6.07, 6.45) is 1.61. The van der Waals surface area contributed by atoms with Crippen LogP contribution in [0.15, 0.2) is 23.1 Å². The molecule has 2 rings (SSSR count). The molecule has 0 bridgehead atoms. The van der Waals surface area contributed by atoms with Crippen LogP contribution in [-0.2, 0) is 4.79 Å². The van der Waals surface area contributed by atoms with E-state index in [2.05, 4.69) is 0 Å². The molecule has 0 spiro atoms. The molecule has 1 aromatic carbocycles. The van der Waals surface area contributed by atoms with Crippen LogP contribution < -0.4 is 5.73 Å². The molecule has 0 saturated carbocycles. The smallest absolute Gasteiger partial charge is 0.293 e. The Kier molecular flexibility index (Phi) is 6.36. The highest BCUT2D eigenvalue weighted by Crippen LogP contribution is 2.32. The largest absolute Gasteiger partial charge is 0.329 e. The number of carbonyl (C=O) groups excluding carboxylic acids is 2. The number of rotatable bonds is 3. The van der Waals surface area contributed by atoms with Crippen molar-refractivity contribution < 1.29 is 9.59 Å². The fourth-order valence-electron chi connectivity index (χ4n) is 1.58. The van der Waals surface area contributed by atoms with Crippen molar-refractivity contribution in [3.8, 4) is 0 Å². The summed E-state index contributed by atoms with van der Waals surface area (Å²) in [6, 6.07) is 5.01. The van der Waals surface area contributed by atoms with Crippen LogP contribution in [0.3, 0.4) is 0 Å². The fraction of sp³-hybridized carbons (Fsp3) is 0.167. The van der Waals surface area contributed by atoms with Crippen molar-refractivity contribution in [1.29, 1.82) is 0 Å². The normalized spacial score (nSPS) is 16.8. The Morgan fingerprint density at radius 1 is 1.25 bits per heavy atom. The Morgan fingerprint density at radius 2 is 1.95 bits per heavy atom. The summed E-state index contributed by atoms with van der Waals surface area (Å²) < 4.78 is 0. The first-order valence-electron chi connectivity index (χ1n) is 5.43. The van der Waals surface area contributed by atoms with Crippen molar-refractivity contribution in [2.24, 2.45) is 5.73 Å². The molecule has 1 heterocycles. The zero-order valence-corrected chi connectivity index (χ0v) is 13.3. The van der Waals surface area contributed by atoms with Crippen molar-refractivity contribution in [3.05, 3.63) is 38.7 Å². The maximum Gasteiger partial charge on any atom is 0.293 e. The number of hydrogen-bond donors (Lipinski definition) is 1. The average molecular weight is 354 g/mol. The molecule has 1 saturated heterocycles. The second kappa shape index (κ2) is 7.33. The van der Waals surface area contributed by atoms with E-state index < -0.39 is 0 Å². The summed E-state index contributed by atoms with van der Waals surface area (Å²) in [5.41, 5.74) is 6.08. The van der Waals surface area contributed by atoms with Gasteiger partial charge in [0.2, 0.25) is 0 Å². The lowest BCUT2D eigenvalue weighted by Gasteiger charge is -2.09. The number of thioether (sulfide) groups is 1. The number of benzene rings is 1. The van der Waals surface area contributed by atoms with Crippen LogP contribution in [0, 0.1) is 0 Å². The highest BCUT2D eigenvalue weighted by molar-refractivity contribution is 8.18. The van der Waals surface area contributed by atoms with E-state index >= 15 is 0 Å². The lowest BCUT2D eigenvalue weighted by atomic mass is 10.2. The molecule has 0 atom stereocenters. The quantitative estimate of drug-likeness (QED) is 0.846. The summed E-state index contributed by atoms with van der Waals surface area (Å²) in [4.78, 5) is 25.1. The highest BCUT2D eigenvalue weighted by atomic mass is 35.5. The second-order valence-corrected chi connectivity index (χ2v) is 5.60. The van der Waals surface area contributed by atoms with Gasteiger partial charge in [-0.1, -0.05) is 29.3 Å². The molecular weight excluding hydrogens is 343 g/mol. The molecular formula is C12H11Cl3N2O2S. The molecule has 0 aromatic heterocycles. The van der Waals surface area contributed by atoms with Gasteiger partial charge >= 0.3 is 0 Å². The minimum atomic E-state index is -0.327. The topological polar surface area (TPSA) is 63.4 Å². The Labute approximate surface area is 136 Å². The van der Waals surface area contributed by atoms with E-state index in [-0.39, 0.29) is 36.6 Å². The second-order valence-electron chi connectivity index (χ2n) is 3.80. The number of amides is 2. The summed E-state index contributed by atoms with van der Waals surface area (Å²) in [7, 11) is 0. The molecule has 20 heavy (non-hydrogen) atoms. The molecule has 2 amide bonds. The lowest BCUT2D eigenvalue weighted by Crippen LogP contribution is -2.33. The van der Waals surface area contributed by atoms with E-state index in [0.29, 0.717) is 20.5 Å². The number of nitrogens with two attached hydrogens (primary N) is 1. The Balaban J connectivity index is 0.00000200. The summed E-state index contributed by atoms with van der Waals surface area (Å²) in [5, 5.41) is 0.536. The van der Waals surface area contributed by atoms with Gasteiger partial charge in [-0.05, 0) is 35.5 Å². The number of carbonyl (C=O) groups is 2. The van der Waals surface area contributed by atoms with Crippen LogP contribution >= 0.6 is 47.4 Å². The van der Waals surface area contributed by atoms with Crippen molar-refractivity contribution in [1.82, 2.24) is 4.90 Å². The summed E-state index contributed by atoms with van der Waals surface area (Å²) in [5.74, 6) is -0.327. The SMILES string of the molecule is Cl.NCCN1C(=O)S/C(=C\c2ccc(Cl)c(Cl)c2)C1=O. The standard InChI is InChI=1S/C12H10Cl2N2O2S.ClH/c13-8-2-1-7(5-9(8)14)6-10-11(17)16(4-3-15)12(18)19-10;/h1-2,5-6H,3-4,15H2;1H/b10-6-;. The predicted octanol–water partition coefficient (Wildman–Crippen LogP) is 3.41. The molecule has 1 fully saturated rings. The molecule has 4 nitrogen and oxygen atoms in total. The van der Waals surface area contributed by atoms with Gasteiger partial charge in [0.05, 0.1) is 15.0 Å². The van der Waals surface area contributed by atoms with Gasteiger partial charge in [-0.15, -0.1) is 12.4 Å². The van der Waals surface area contributed by atoms with Gasteiger partial charge in [0, 0.05) is 13.1 Å². The van der Waals surface area contributed by atoms with Crippen molar-refractivity contribution in [3.63, 3.8) is 0 Å². The van der Waals surface area contributed by atoms with Crippen LogP contribution in [0.2, 0.25) is 10.0 Å². The molecule has 0 radical (unpaired) electrons. The van der Waals surface area contributed by atoms with Crippen molar-refractivity contribution in [2.45, 2.75) is 0 Å². The first kappa shape index (κ1) is 17.3. The van der Waals surface area contributed by atoms with Gasteiger partial charge < -0.3 is 5.73 Å². The third kappa shape index (κ3) is 3.68. The Bertz CT molecular complexity index is 578. The number of nitrogens with zero attached hydrogens (tertiary/aromatic N) is 1. The third-order valence-corrected chi connectivity index (χ3v) is 4.11. The van der Waals surface area contributed by atoms with Crippen LogP contribution in [0.1, 0.15) is 5.56 Å². The van der Waals surface area contributed by atoms with Crippen molar-refractivity contribution >= 4 is 64.6 Å². The van der Waals surface area contributed by atoms with Gasteiger partial charge in [-0.25, -0.2) is 0 Å². The summed E-state index contributed by atoms with van der Waals surface area (Å²) in [6.45, 7) is 0.474. The molecule has 2 N–H and O–H groups in total. The minimum Gasteiger partial charge on any atom is -0.329 e. The number of halogens is 3. The predicted molar refractivity (Wildman–Crippen MR) is 85.4 cm³/mol. The molecule has 1 aliphatic rings. The van der Waals surface area contributed by atoms with E-state index in [1.165, 1.54) is 0 Å². The fourth-order valence-corrected chi connectivity index (χ4v) is 2.75. The van der Waals surface area contributed by atoms with Gasteiger partial charge in [0.25, 0.3) is 11.1 Å². The molecule has 108 valence electrons. The zero-order chi connectivity index (χ0) is 14.0. The van der Waals surface area contributed by atoms with Crippen LogP contribution in [0.4, 0.5) is 4.79 Å². The molecule has 1 aliphatic heterocycles. The van der Waals surface area contributed by atoms with E-state index in [9.17, 15) is 9.59 Å². The van der Waals surface area contributed by atoms with Crippen LogP contribution in [0.25, 0.3) is 6.08 Å². The van der Waals surface area contributed by atoms with Gasteiger partial charge in [-0.3, -0.25) is 14.5 Å². The highest BCUT2D eigenvalue weighted by Gasteiger charge is 2.34. The summed E-state index contributed by atoms with van der Waals surface area (Å²) >= 11 is 12.6. The molecule has 8 heteroatoms. The van der Waals surface area contributed by atoms with Gasteiger partial charge in [-0.2, -0.15) is 0 Å². The zero-order valence-electron chi connectivity index (χ0n) is 10.1. The average Bonchev–Trinajstić information content (AvgIpc) is 2.62. The molecule has 0 aliphatic carbocycles. The van der Waals surface area contributed by atoms with E-state index in [0.717, 1.165) is 16.7 Å². The van der Waals surface area contributed by atoms with Crippen LogP contribution in [0.5, 0.6) is 0 Å². The van der Waals surface area contributed by atoms with Crippen molar-refractivity contribution in [2.75, 3.05) is 13.1 Å². The van der Waals surface area contributed by atoms with E-state index in [1.54, 1.807) is 24.3 Å². The van der Waals surface area contributed by atoms with Crippen LogP contribution in [-0.4, -0.2) is 29.1 Å².